The quantitative estimate of drug-likeness (QED) is 0.870. The van der Waals surface area contributed by atoms with Crippen molar-refractivity contribution in [2.24, 2.45) is 5.92 Å². The number of carbonyl (C=O) groups excluding carboxylic acids is 1. The third-order valence-electron chi connectivity index (χ3n) is 3.70. The Morgan fingerprint density at radius 3 is 2.59 bits per heavy atom. The molecule has 0 saturated heterocycles. The maximum Gasteiger partial charge on any atom is 0.306 e. The van der Waals surface area contributed by atoms with Crippen LogP contribution >= 0.6 is 11.6 Å². The average molecular weight is 330 g/mol. The molecule has 1 saturated carbocycles. The lowest BCUT2D eigenvalue weighted by Gasteiger charge is -2.26. The molecule has 2 N–H and O–H groups in total. The molecule has 1 aliphatic carbocycles. The van der Waals surface area contributed by atoms with Crippen LogP contribution in [0.4, 0.5) is 4.39 Å². The standard InChI is InChI=1S/C15H17ClFNO4/c16-12-6-5-11(7-13(12)17)22-8-14(19)18-10-3-1-9(2-4-10)15(20)21/h5-7,9-10H,1-4,8H2,(H,18,19)(H,20,21). The van der Waals surface area contributed by atoms with E-state index in [9.17, 15) is 14.0 Å². The van der Waals surface area contributed by atoms with Crippen molar-refractivity contribution in [1.82, 2.24) is 5.32 Å². The van der Waals surface area contributed by atoms with Crippen molar-refractivity contribution in [2.45, 2.75) is 31.7 Å². The van der Waals surface area contributed by atoms with Crippen LogP contribution in [0.2, 0.25) is 5.02 Å². The molecule has 1 aromatic rings. The summed E-state index contributed by atoms with van der Waals surface area (Å²) in [6.07, 6.45) is 2.39. The van der Waals surface area contributed by atoms with E-state index in [4.69, 9.17) is 21.4 Å². The highest BCUT2D eigenvalue weighted by atomic mass is 35.5. The molecule has 1 fully saturated rings. The first-order chi connectivity index (χ1) is 10.5. The van der Waals surface area contributed by atoms with Crippen LogP contribution < -0.4 is 10.1 Å². The van der Waals surface area contributed by atoms with Crippen molar-refractivity contribution < 1.29 is 23.8 Å². The van der Waals surface area contributed by atoms with Crippen molar-refractivity contribution >= 4 is 23.5 Å². The van der Waals surface area contributed by atoms with Crippen molar-refractivity contribution in [1.29, 1.82) is 0 Å². The summed E-state index contributed by atoms with van der Waals surface area (Å²) in [5.74, 6) is -1.79. The Hall–Kier alpha value is -1.82. The van der Waals surface area contributed by atoms with E-state index in [-0.39, 0.29) is 35.2 Å². The molecule has 120 valence electrons. The van der Waals surface area contributed by atoms with Gasteiger partial charge < -0.3 is 15.2 Å². The van der Waals surface area contributed by atoms with E-state index in [1.165, 1.54) is 12.1 Å². The van der Waals surface area contributed by atoms with Gasteiger partial charge in [0, 0.05) is 12.1 Å². The summed E-state index contributed by atoms with van der Waals surface area (Å²) in [5.41, 5.74) is 0. The fourth-order valence-electron chi connectivity index (χ4n) is 2.47. The zero-order valence-electron chi connectivity index (χ0n) is 11.9. The molecule has 0 spiro atoms. The minimum atomic E-state index is -0.780. The fraction of sp³-hybridized carbons (Fsp3) is 0.467. The second-order valence-electron chi connectivity index (χ2n) is 5.32. The van der Waals surface area contributed by atoms with Crippen LogP contribution in [0.1, 0.15) is 25.7 Å². The first-order valence-electron chi connectivity index (χ1n) is 7.05. The molecule has 2 rings (SSSR count). The number of aliphatic carboxylic acids is 1. The minimum Gasteiger partial charge on any atom is -0.484 e. The van der Waals surface area contributed by atoms with Crippen LogP contribution in [0, 0.1) is 11.7 Å². The SMILES string of the molecule is O=C(COc1ccc(Cl)c(F)c1)NC1CCC(C(=O)O)CC1. The van der Waals surface area contributed by atoms with E-state index in [2.05, 4.69) is 5.32 Å². The predicted molar refractivity (Wildman–Crippen MR) is 78.4 cm³/mol. The van der Waals surface area contributed by atoms with Gasteiger partial charge >= 0.3 is 5.97 Å². The summed E-state index contributed by atoms with van der Waals surface area (Å²) in [7, 11) is 0. The van der Waals surface area contributed by atoms with Crippen molar-refractivity contribution in [2.75, 3.05) is 6.61 Å². The molecule has 0 unspecified atom stereocenters. The third-order valence-corrected chi connectivity index (χ3v) is 4.01. The average Bonchev–Trinajstić information content (AvgIpc) is 2.49. The molecule has 0 atom stereocenters. The zero-order valence-corrected chi connectivity index (χ0v) is 12.6. The number of benzene rings is 1. The number of hydrogen-bond acceptors (Lipinski definition) is 3. The van der Waals surface area contributed by atoms with Gasteiger partial charge in [-0.2, -0.15) is 0 Å². The maximum atomic E-state index is 13.2. The lowest BCUT2D eigenvalue weighted by atomic mass is 9.86. The second kappa shape index (κ2) is 7.45. The Morgan fingerprint density at radius 1 is 1.32 bits per heavy atom. The van der Waals surface area contributed by atoms with Crippen LogP contribution in [-0.4, -0.2) is 29.6 Å². The maximum absolute atomic E-state index is 13.2. The number of nitrogens with one attached hydrogen (secondary N) is 1. The lowest BCUT2D eigenvalue weighted by Crippen LogP contribution is -2.40. The number of hydrogen-bond donors (Lipinski definition) is 2. The van der Waals surface area contributed by atoms with E-state index in [0.29, 0.717) is 25.7 Å². The lowest BCUT2D eigenvalue weighted by molar-refractivity contribution is -0.142. The monoisotopic (exact) mass is 329 g/mol. The Balaban J connectivity index is 1.74. The Morgan fingerprint density at radius 2 is 2.00 bits per heavy atom. The molecule has 5 nitrogen and oxygen atoms in total. The van der Waals surface area contributed by atoms with Gasteiger partial charge in [0.2, 0.25) is 0 Å². The number of halogens is 2. The van der Waals surface area contributed by atoms with Crippen LogP contribution in [-0.2, 0) is 9.59 Å². The zero-order chi connectivity index (χ0) is 16.1. The van der Waals surface area contributed by atoms with E-state index >= 15 is 0 Å². The van der Waals surface area contributed by atoms with Crippen LogP contribution in [0.15, 0.2) is 18.2 Å². The second-order valence-corrected chi connectivity index (χ2v) is 5.73. The Labute approximate surface area is 132 Å². The third kappa shape index (κ3) is 4.59. The van der Waals surface area contributed by atoms with Gasteiger partial charge in [0.15, 0.2) is 6.61 Å². The van der Waals surface area contributed by atoms with E-state index < -0.39 is 11.8 Å². The molecule has 1 amide bonds. The highest BCUT2D eigenvalue weighted by molar-refractivity contribution is 6.30. The molecule has 22 heavy (non-hydrogen) atoms. The Kier molecular flexibility index (Phi) is 5.60. The summed E-state index contributed by atoms with van der Waals surface area (Å²) < 4.78 is 18.4. The minimum absolute atomic E-state index is 0.00741. The fourth-order valence-corrected chi connectivity index (χ4v) is 2.59. The molecule has 0 aromatic heterocycles. The van der Waals surface area contributed by atoms with Crippen LogP contribution in [0.3, 0.4) is 0 Å². The number of carbonyl (C=O) groups is 2. The summed E-state index contributed by atoms with van der Waals surface area (Å²) in [4.78, 5) is 22.6. The van der Waals surface area contributed by atoms with E-state index in [1.807, 2.05) is 0 Å². The van der Waals surface area contributed by atoms with E-state index in [0.717, 1.165) is 6.07 Å². The van der Waals surface area contributed by atoms with Crippen LogP contribution in [0.5, 0.6) is 5.75 Å². The van der Waals surface area contributed by atoms with Gasteiger partial charge in [-0.25, -0.2) is 4.39 Å². The highest BCUT2D eigenvalue weighted by Gasteiger charge is 2.26. The first kappa shape index (κ1) is 16.5. The number of amides is 1. The molecule has 0 radical (unpaired) electrons. The molecule has 1 aromatic carbocycles. The Bertz CT molecular complexity index is 558. The molecular weight excluding hydrogens is 313 g/mol. The summed E-state index contributed by atoms with van der Waals surface area (Å²) in [6.45, 7) is -0.222. The van der Waals surface area contributed by atoms with Crippen molar-refractivity contribution in [3.8, 4) is 5.75 Å². The van der Waals surface area contributed by atoms with E-state index in [1.54, 1.807) is 0 Å². The van der Waals surface area contributed by atoms with Crippen molar-refractivity contribution in [3.05, 3.63) is 29.0 Å². The molecule has 0 aliphatic heterocycles. The van der Waals surface area contributed by atoms with Gasteiger partial charge in [-0.05, 0) is 37.8 Å². The molecule has 7 heteroatoms. The summed E-state index contributed by atoms with van der Waals surface area (Å²) in [5, 5.41) is 11.7. The van der Waals surface area contributed by atoms with Crippen molar-refractivity contribution in [3.63, 3.8) is 0 Å². The topological polar surface area (TPSA) is 75.6 Å². The normalized spacial score (nSPS) is 21.2. The smallest absolute Gasteiger partial charge is 0.306 e. The predicted octanol–water partition coefficient (Wildman–Crippen LogP) is 2.62. The largest absolute Gasteiger partial charge is 0.484 e. The number of ether oxygens (including phenoxy) is 1. The molecule has 0 heterocycles. The first-order valence-corrected chi connectivity index (χ1v) is 7.43. The van der Waals surface area contributed by atoms with Gasteiger partial charge in [-0.15, -0.1) is 0 Å². The number of rotatable bonds is 5. The van der Waals surface area contributed by atoms with Gasteiger partial charge in [-0.1, -0.05) is 11.6 Å². The number of carboxylic acids is 1. The number of carboxylic acid groups (broad SMARTS) is 1. The van der Waals surface area contributed by atoms with Gasteiger partial charge in [0.05, 0.1) is 10.9 Å². The van der Waals surface area contributed by atoms with Gasteiger partial charge in [0.1, 0.15) is 11.6 Å². The highest BCUT2D eigenvalue weighted by Crippen LogP contribution is 2.24. The van der Waals surface area contributed by atoms with Gasteiger partial charge in [-0.3, -0.25) is 9.59 Å². The van der Waals surface area contributed by atoms with Gasteiger partial charge in [0.25, 0.3) is 5.91 Å². The summed E-state index contributed by atoms with van der Waals surface area (Å²) >= 11 is 5.55. The van der Waals surface area contributed by atoms with Crippen LogP contribution in [0.25, 0.3) is 0 Å². The molecular formula is C15H17ClFNO4. The summed E-state index contributed by atoms with van der Waals surface area (Å²) in [6, 6.07) is 3.93. The molecule has 1 aliphatic rings. The molecule has 0 bridgehead atoms.